The summed E-state index contributed by atoms with van der Waals surface area (Å²) in [5.41, 5.74) is 6.72. The molecular formula is C19H21FN2O3S. The molecule has 138 valence electrons. The van der Waals surface area contributed by atoms with E-state index in [0.717, 1.165) is 16.0 Å². The van der Waals surface area contributed by atoms with Gasteiger partial charge in [0.15, 0.2) is 6.10 Å². The van der Waals surface area contributed by atoms with Gasteiger partial charge in [0.1, 0.15) is 11.6 Å². The molecule has 7 heteroatoms. The zero-order valence-electron chi connectivity index (χ0n) is 14.8. The number of halogens is 1. The van der Waals surface area contributed by atoms with Crippen molar-refractivity contribution < 1.29 is 18.7 Å². The number of hydrazine groups is 1. The number of carbonyl (C=O) groups is 2. The van der Waals surface area contributed by atoms with Gasteiger partial charge in [-0.05, 0) is 62.2 Å². The average molecular weight is 376 g/mol. The highest BCUT2D eigenvalue weighted by Gasteiger charge is 2.16. The summed E-state index contributed by atoms with van der Waals surface area (Å²) < 4.78 is 18.5. The Morgan fingerprint density at radius 3 is 2.50 bits per heavy atom. The van der Waals surface area contributed by atoms with Gasteiger partial charge in [0.05, 0.1) is 5.75 Å². The van der Waals surface area contributed by atoms with Gasteiger partial charge in [-0.25, -0.2) is 4.39 Å². The number of benzene rings is 2. The van der Waals surface area contributed by atoms with Crippen molar-refractivity contribution >= 4 is 23.6 Å². The highest BCUT2D eigenvalue weighted by atomic mass is 32.2. The Morgan fingerprint density at radius 1 is 1.12 bits per heavy atom. The molecular weight excluding hydrogens is 355 g/mol. The first-order valence-corrected chi connectivity index (χ1v) is 9.05. The second-order valence-corrected chi connectivity index (χ2v) is 6.79. The largest absolute Gasteiger partial charge is 0.481 e. The minimum atomic E-state index is -0.763. The molecule has 0 saturated heterocycles. The summed E-state index contributed by atoms with van der Waals surface area (Å²) >= 11 is 1.24. The van der Waals surface area contributed by atoms with Crippen LogP contribution in [0.2, 0.25) is 0 Å². The quantitative estimate of drug-likeness (QED) is 0.600. The first-order chi connectivity index (χ1) is 12.4. The van der Waals surface area contributed by atoms with Gasteiger partial charge < -0.3 is 4.74 Å². The molecule has 2 rings (SSSR count). The zero-order valence-corrected chi connectivity index (χ0v) is 15.7. The van der Waals surface area contributed by atoms with E-state index in [1.54, 1.807) is 25.1 Å². The molecule has 5 nitrogen and oxygen atoms in total. The Kier molecular flexibility index (Phi) is 7.03. The second kappa shape index (κ2) is 9.24. The fourth-order valence-electron chi connectivity index (χ4n) is 2.04. The van der Waals surface area contributed by atoms with Gasteiger partial charge >= 0.3 is 0 Å². The normalized spacial score (nSPS) is 11.5. The van der Waals surface area contributed by atoms with Gasteiger partial charge in [0, 0.05) is 4.90 Å². The van der Waals surface area contributed by atoms with Crippen molar-refractivity contribution in [1.82, 2.24) is 10.9 Å². The third-order valence-corrected chi connectivity index (χ3v) is 4.75. The molecule has 0 radical (unpaired) electrons. The van der Waals surface area contributed by atoms with Crippen LogP contribution in [0.25, 0.3) is 0 Å². The Hall–Kier alpha value is -2.54. The van der Waals surface area contributed by atoms with Crippen molar-refractivity contribution in [3.8, 4) is 5.75 Å². The second-order valence-electron chi connectivity index (χ2n) is 5.74. The SMILES string of the molecule is Cc1cccc(OC(C)C(=O)NNC(=O)CSc2ccc(F)cc2)c1C. The Morgan fingerprint density at radius 2 is 1.81 bits per heavy atom. The van der Waals surface area contributed by atoms with E-state index >= 15 is 0 Å². The van der Waals surface area contributed by atoms with Crippen molar-refractivity contribution in [1.29, 1.82) is 0 Å². The number of hydrogen-bond donors (Lipinski definition) is 2. The van der Waals surface area contributed by atoms with E-state index < -0.39 is 12.0 Å². The average Bonchev–Trinajstić information content (AvgIpc) is 2.63. The van der Waals surface area contributed by atoms with Crippen LogP contribution < -0.4 is 15.6 Å². The zero-order chi connectivity index (χ0) is 19.1. The van der Waals surface area contributed by atoms with Gasteiger partial charge in [-0.3, -0.25) is 20.4 Å². The van der Waals surface area contributed by atoms with Crippen LogP contribution in [-0.4, -0.2) is 23.7 Å². The predicted octanol–water partition coefficient (Wildman–Crippen LogP) is 3.15. The summed E-state index contributed by atoms with van der Waals surface area (Å²) in [6, 6.07) is 11.5. The lowest BCUT2D eigenvalue weighted by molar-refractivity contribution is -0.131. The summed E-state index contributed by atoms with van der Waals surface area (Å²) in [5, 5.41) is 0. The monoisotopic (exact) mass is 376 g/mol. The minimum Gasteiger partial charge on any atom is -0.481 e. The van der Waals surface area contributed by atoms with Gasteiger partial charge in [-0.15, -0.1) is 11.8 Å². The van der Waals surface area contributed by atoms with Crippen LogP contribution in [0.15, 0.2) is 47.4 Å². The molecule has 2 aromatic rings. The summed E-state index contributed by atoms with van der Waals surface area (Å²) in [6.07, 6.45) is -0.763. The molecule has 0 aliphatic heterocycles. The maximum absolute atomic E-state index is 12.8. The number of aryl methyl sites for hydroxylation is 1. The summed E-state index contributed by atoms with van der Waals surface area (Å²) in [4.78, 5) is 24.6. The molecule has 0 fully saturated rings. The Labute approximate surface area is 156 Å². The van der Waals surface area contributed by atoms with E-state index in [9.17, 15) is 14.0 Å². The van der Waals surface area contributed by atoms with Crippen molar-refractivity contribution in [3.05, 3.63) is 59.4 Å². The van der Waals surface area contributed by atoms with Crippen molar-refractivity contribution in [2.75, 3.05) is 5.75 Å². The maximum atomic E-state index is 12.8. The molecule has 26 heavy (non-hydrogen) atoms. The third-order valence-electron chi connectivity index (χ3n) is 3.74. The van der Waals surface area contributed by atoms with E-state index in [1.807, 2.05) is 26.0 Å². The predicted molar refractivity (Wildman–Crippen MR) is 99.4 cm³/mol. The number of thioether (sulfide) groups is 1. The molecule has 2 aromatic carbocycles. The van der Waals surface area contributed by atoms with Crippen LogP contribution >= 0.6 is 11.8 Å². The Bertz CT molecular complexity index is 781. The number of carbonyl (C=O) groups excluding carboxylic acids is 2. The fourth-order valence-corrected chi connectivity index (χ4v) is 2.74. The van der Waals surface area contributed by atoms with E-state index in [2.05, 4.69) is 10.9 Å². The lowest BCUT2D eigenvalue weighted by Crippen LogP contribution is -2.47. The molecule has 0 bridgehead atoms. The lowest BCUT2D eigenvalue weighted by atomic mass is 10.1. The van der Waals surface area contributed by atoms with Crippen LogP contribution in [0.1, 0.15) is 18.1 Å². The molecule has 1 atom stereocenters. The third kappa shape index (κ3) is 5.77. The number of ether oxygens (including phenoxy) is 1. The van der Waals surface area contributed by atoms with Crippen LogP contribution in [0.4, 0.5) is 4.39 Å². The maximum Gasteiger partial charge on any atom is 0.279 e. The summed E-state index contributed by atoms with van der Waals surface area (Å²) in [7, 11) is 0. The van der Waals surface area contributed by atoms with Crippen LogP contribution in [0, 0.1) is 19.7 Å². The van der Waals surface area contributed by atoms with Crippen molar-refractivity contribution in [3.63, 3.8) is 0 Å². The topological polar surface area (TPSA) is 67.4 Å². The summed E-state index contributed by atoms with van der Waals surface area (Å²) in [6.45, 7) is 5.49. The van der Waals surface area contributed by atoms with Crippen molar-refractivity contribution in [2.45, 2.75) is 31.8 Å². The standard InChI is InChI=1S/C19H21FN2O3S/c1-12-5-4-6-17(13(12)2)25-14(3)19(24)22-21-18(23)11-26-16-9-7-15(20)8-10-16/h4-10,14H,11H2,1-3H3,(H,21,23)(H,22,24). The highest BCUT2D eigenvalue weighted by molar-refractivity contribution is 8.00. The number of hydrogen-bond acceptors (Lipinski definition) is 4. The van der Waals surface area contributed by atoms with E-state index in [1.165, 1.54) is 23.9 Å². The van der Waals surface area contributed by atoms with Crippen LogP contribution in [0.5, 0.6) is 5.75 Å². The van der Waals surface area contributed by atoms with Gasteiger partial charge in [0.2, 0.25) is 5.91 Å². The molecule has 0 aliphatic rings. The minimum absolute atomic E-state index is 0.0954. The van der Waals surface area contributed by atoms with E-state index in [4.69, 9.17) is 4.74 Å². The van der Waals surface area contributed by atoms with Gasteiger partial charge in [0.25, 0.3) is 5.91 Å². The first kappa shape index (κ1) is 19.8. The molecule has 1 unspecified atom stereocenters. The molecule has 0 spiro atoms. The lowest BCUT2D eigenvalue weighted by Gasteiger charge is -2.17. The van der Waals surface area contributed by atoms with Gasteiger partial charge in [-0.1, -0.05) is 12.1 Å². The smallest absolute Gasteiger partial charge is 0.279 e. The Balaban J connectivity index is 1.77. The molecule has 0 aromatic heterocycles. The number of amides is 2. The van der Waals surface area contributed by atoms with Crippen molar-refractivity contribution in [2.24, 2.45) is 0 Å². The first-order valence-electron chi connectivity index (χ1n) is 8.06. The number of rotatable bonds is 6. The van der Waals surface area contributed by atoms with E-state index in [0.29, 0.717) is 5.75 Å². The van der Waals surface area contributed by atoms with Crippen LogP contribution in [-0.2, 0) is 9.59 Å². The highest BCUT2D eigenvalue weighted by Crippen LogP contribution is 2.21. The molecule has 0 heterocycles. The molecule has 0 saturated carbocycles. The van der Waals surface area contributed by atoms with E-state index in [-0.39, 0.29) is 17.5 Å². The fraction of sp³-hybridized carbons (Fsp3) is 0.263. The molecule has 2 N–H and O–H groups in total. The number of nitrogens with one attached hydrogen (secondary N) is 2. The van der Waals surface area contributed by atoms with Crippen LogP contribution in [0.3, 0.4) is 0 Å². The molecule has 0 aliphatic carbocycles. The summed E-state index contributed by atoms with van der Waals surface area (Å²) in [5.74, 6) is -0.426. The molecule has 2 amide bonds. The van der Waals surface area contributed by atoms with Gasteiger partial charge in [-0.2, -0.15) is 0 Å².